The van der Waals surface area contributed by atoms with Crippen molar-refractivity contribution in [3.05, 3.63) is 35.1 Å². The van der Waals surface area contributed by atoms with Gasteiger partial charge in [-0.25, -0.2) is 4.39 Å². The molecular formula is C13H15FO2. The molecule has 16 heavy (non-hydrogen) atoms. The average molecular weight is 222 g/mol. The Hall–Kier alpha value is -1.38. The number of aliphatic carboxylic acids is 1. The molecule has 0 aromatic heterocycles. The Labute approximate surface area is 94.1 Å². The van der Waals surface area contributed by atoms with Crippen LogP contribution in [0.3, 0.4) is 0 Å². The van der Waals surface area contributed by atoms with Gasteiger partial charge in [-0.15, -0.1) is 0 Å². The lowest BCUT2D eigenvalue weighted by Gasteiger charge is -2.06. The fourth-order valence-electron chi connectivity index (χ4n) is 2.67. The van der Waals surface area contributed by atoms with E-state index in [0.29, 0.717) is 0 Å². The topological polar surface area (TPSA) is 37.3 Å². The highest BCUT2D eigenvalue weighted by Crippen LogP contribution is 2.64. The standard InChI is InChI=1S/C13H15FO2/c1-7-6-8(14)4-5-9(7)10-11(12(15)16)13(10,2)3/h4-6,10-11H,1-3H3,(H,15,16)/t10-,11+/m0/s1. The van der Waals surface area contributed by atoms with Gasteiger partial charge < -0.3 is 5.11 Å². The molecule has 0 bridgehead atoms. The first-order valence-electron chi connectivity index (χ1n) is 5.34. The molecule has 1 N–H and O–H groups in total. The summed E-state index contributed by atoms with van der Waals surface area (Å²) in [6.45, 7) is 5.71. The van der Waals surface area contributed by atoms with Gasteiger partial charge in [0.15, 0.2) is 0 Å². The molecule has 1 saturated carbocycles. The maximum atomic E-state index is 13.0. The molecule has 3 heteroatoms. The van der Waals surface area contributed by atoms with Crippen LogP contribution in [0.5, 0.6) is 0 Å². The Bertz CT molecular complexity index is 451. The van der Waals surface area contributed by atoms with E-state index in [1.165, 1.54) is 12.1 Å². The first-order chi connectivity index (χ1) is 7.35. The fraction of sp³-hybridized carbons (Fsp3) is 0.462. The van der Waals surface area contributed by atoms with Crippen molar-refractivity contribution in [3.8, 4) is 0 Å². The average Bonchev–Trinajstić information content (AvgIpc) is 2.69. The van der Waals surface area contributed by atoms with Gasteiger partial charge in [0.25, 0.3) is 0 Å². The summed E-state index contributed by atoms with van der Waals surface area (Å²) in [5, 5.41) is 9.09. The van der Waals surface area contributed by atoms with Gasteiger partial charge in [0.1, 0.15) is 5.82 Å². The third-order valence-corrected chi connectivity index (χ3v) is 3.66. The molecule has 1 aliphatic rings. The summed E-state index contributed by atoms with van der Waals surface area (Å²) < 4.78 is 13.0. The van der Waals surface area contributed by atoms with Gasteiger partial charge >= 0.3 is 5.97 Å². The molecule has 86 valence electrons. The lowest BCUT2D eigenvalue weighted by molar-refractivity contribution is -0.139. The number of hydrogen-bond donors (Lipinski definition) is 1. The highest BCUT2D eigenvalue weighted by molar-refractivity contribution is 5.77. The summed E-state index contributed by atoms with van der Waals surface area (Å²) >= 11 is 0. The molecule has 1 aliphatic carbocycles. The summed E-state index contributed by atoms with van der Waals surface area (Å²) in [4.78, 5) is 11.1. The molecule has 0 aliphatic heterocycles. The number of carbonyl (C=O) groups is 1. The SMILES string of the molecule is Cc1cc(F)ccc1[C@H]1[C@H](C(=O)O)C1(C)C. The third-order valence-electron chi connectivity index (χ3n) is 3.66. The first kappa shape index (κ1) is 11.1. The van der Waals surface area contributed by atoms with Crippen molar-refractivity contribution < 1.29 is 14.3 Å². The smallest absolute Gasteiger partial charge is 0.307 e. The van der Waals surface area contributed by atoms with Crippen molar-refractivity contribution in [2.45, 2.75) is 26.7 Å². The second kappa shape index (κ2) is 3.30. The van der Waals surface area contributed by atoms with Crippen LogP contribution in [0.25, 0.3) is 0 Å². The molecule has 0 unspecified atom stereocenters. The molecule has 2 atom stereocenters. The van der Waals surface area contributed by atoms with E-state index < -0.39 is 5.97 Å². The van der Waals surface area contributed by atoms with Gasteiger partial charge in [-0.05, 0) is 35.6 Å². The zero-order chi connectivity index (χ0) is 12.1. The first-order valence-corrected chi connectivity index (χ1v) is 5.34. The van der Waals surface area contributed by atoms with Crippen LogP contribution in [-0.4, -0.2) is 11.1 Å². The van der Waals surface area contributed by atoms with Crippen molar-refractivity contribution in [1.82, 2.24) is 0 Å². The highest BCUT2D eigenvalue weighted by atomic mass is 19.1. The predicted octanol–water partition coefficient (Wildman–Crippen LogP) is 2.96. The maximum Gasteiger partial charge on any atom is 0.307 e. The summed E-state index contributed by atoms with van der Waals surface area (Å²) in [6.07, 6.45) is 0. The summed E-state index contributed by atoms with van der Waals surface area (Å²) in [5.41, 5.74) is 1.56. The minimum Gasteiger partial charge on any atom is -0.481 e. The summed E-state index contributed by atoms with van der Waals surface area (Å²) in [6, 6.07) is 4.57. The van der Waals surface area contributed by atoms with Crippen LogP contribution in [-0.2, 0) is 4.79 Å². The van der Waals surface area contributed by atoms with E-state index in [9.17, 15) is 9.18 Å². The number of hydrogen-bond acceptors (Lipinski definition) is 1. The molecule has 0 saturated heterocycles. The van der Waals surface area contributed by atoms with Crippen LogP contribution >= 0.6 is 0 Å². The molecule has 0 heterocycles. The molecular weight excluding hydrogens is 207 g/mol. The Morgan fingerprint density at radius 1 is 1.44 bits per heavy atom. The molecule has 1 aromatic carbocycles. The Kier molecular flexibility index (Phi) is 2.30. The van der Waals surface area contributed by atoms with Gasteiger partial charge in [-0.3, -0.25) is 4.79 Å². The summed E-state index contributed by atoms with van der Waals surface area (Å²) in [7, 11) is 0. The van der Waals surface area contributed by atoms with Gasteiger partial charge in [0.05, 0.1) is 5.92 Å². The maximum absolute atomic E-state index is 13.0. The number of aryl methyl sites for hydroxylation is 1. The van der Waals surface area contributed by atoms with Gasteiger partial charge in [-0.1, -0.05) is 19.9 Å². The van der Waals surface area contributed by atoms with E-state index in [-0.39, 0.29) is 23.1 Å². The Morgan fingerprint density at radius 2 is 2.06 bits per heavy atom. The predicted molar refractivity (Wildman–Crippen MR) is 58.8 cm³/mol. The second-order valence-electron chi connectivity index (χ2n) is 5.12. The van der Waals surface area contributed by atoms with Gasteiger partial charge in [0, 0.05) is 5.92 Å². The molecule has 2 rings (SSSR count). The normalized spacial score (nSPS) is 26.5. The molecule has 0 spiro atoms. The fourth-order valence-corrected chi connectivity index (χ4v) is 2.67. The molecule has 1 aromatic rings. The van der Waals surface area contributed by atoms with Crippen LogP contribution in [0.15, 0.2) is 18.2 Å². The number of carboxylic acid groups (broad SMARTS) is 1. The molecule has 0 radical (unpaired) electrons. The van der Waals surface area contributed by atoms with E-state index in [2.05, 4.69) is 0 Å². The van der Waals surface area contributed by atoms with Crippen molar-refractivity contribution in [2.75, 3.05) is 0 Å². The van der Waals surface area contributed by atoms with Crippen LogP contribution in [0.1, 0.15) is 30.9 Å². The zero-order valence-corrected chi connectivity index (χ0v) is 9.62. The van der Waals surface area contributed by atoms with Crippen molar-refractivity contribution in [3.63, 3.8) is 0 Å². The van der Waals surface area contributed by atoms with Crippen molar-refractivity contribution in [2.24, 2.45) is 11.3 Å². The Balaban J connectivity index is 2.37. The molecule has 2 nitrogen and oxygen atoms in total. The minimum atomic E-state index is -0.765. The monoisotopic (exact) mass is 222 g/mol. The van der Waals surface area contributed by atoms with Crippen LogP contribution in [0.4, 0.5) is 4.39 Å². The number of rotatable bonds is 2. The van der Waals surface area contributed by atoms with E-state index in [1.807, 2.05) is 20.8 Å². The lowest BCUT2D eigenvalue weighted by atomic mass is 9.99. The largest absolute Gasteiger partial charge is 0.481 e. The van der Waals surface area contributed by atoms with Crippen LogP contribution < -0.4 is 0 Å². The lowest BCUT2D eigenvalue weighted by Crippen LogP contribution is -2.03. The van der Waals surface area contributed by atoms with E-state index in [4.69, 9.17) is 5.11 Å². The minimum absolute atomic E-state index is 0.00519. The van der Waals surface area contributed by atoms with Crippen LogP contribution in [0, 0.1) is 24.1 Å². The number of halogens is 1. The van der Waals surface area contributed by atoms with Crippen molar-refractivity contribution in [1.29, 1.82) is 0 Å². The molecule has 0 amide bonds. The molecule has 1 fully saturated rings. The van der Waals surface area contributed by atoms with Crippen LogP contribution in [0.2, 0.25) is 0 Å². The number of carboxylic acids is 1. The highest BCUT2D eigenvalue weighted by Gasteiger charge is 2.62. The third kappa shape index (κ3) is 1.51. The van der Waals surface area contributed by atoms with Crippen molar-refractivity contribution >= 4 is 5.97 Å². The number of benzene rings is 1. The van der Waals surface area contributed by atoms with E-state index in [0.717, 1.165) is 11.1 Å². The zero-order valence-electron chi connectivity index (χ0n) is 9.62. The quantitative estimate of drug-likeness (QED) is 0.835. The Morgan fingerprint density at radius 3 is 2.50 bits per heavy atom. The van der Waals surface area contributed by atoms with E-state index in [1.54, 1.807) is 6.07 Å². The van der Waals surface area contributed by atoms with E-state index >= 15 is 0 Å². The van der Waals surface area contributed by atoms with Gasteiger partial charge in [-0.2, -0.15) is 0 Å². The van der Waals surface area contributed by atoms with Gasteiger partial charge in [0.2, 0.25) is 0 Å². The second-order valence-corrected chi connectivity index (χ2v) is 5.12. The summed E-state index contributed by atoms with van der Waals surface area (Å²) in [5.74, 6) is -1.38.